The van der Waals surface area contributed by atoms with E-state index >= 15 is 0 Å². The quantitative estimate of drug-likeness (QED) is 0.326. The van der Waals surface area contributed by atoms with E-state index in [1.807, 2.05) is 60.5 Å². The highest BCUT2D eigenvalue weighted by atomic mass is 16.5. The van der Waals surface area contributed by atoms with Crippen LogP contribution >= 0.6 is 0 Å². The monoisotopic (exact) mass is 545 g/mol. The summed E-state index contributed by atoms with van der Waals surface area (Å²) in [5, 5.41) is 7.55. The number of amides is 1. The molecule has 2 aliphatic rings. The first kappa shape index (κ1) is 24.8. The largest absolute Gasteiger partial charge is 0.457 e. The maximum Gasteiger partial charge on any atom is 0.298 e. The van der Waals surface area contributed by atoms with E-state index in [9.17, 15) is 4.79 Å². The topological polar surface area (TPSA) is 114 Å². The Kier molecular flexibility index (Phi) is 6.08. The Morgan fingerprint density at radius 1 is 1.02 bits per heavy atom. The van der Waals surface area contributed by atoms with E-state index in [1.54, 1.807) is 17.8 Å². The fourth-order valence-corrected chi connectivity index (χ4v) is 5.76. The molecule has 5 aromatic rings. The van der Waals surface area contributed by atoms with Crippen LogP contribution in [-0.2, 0) is 4.79 Å². The molecule has 2 saturated heterocycles. The molecule has 2 fully saturated rings. The maximum absolute atomic E-state index is 12.4. The Bertz CT molecular complexity index is 1840. The number of carbonyl (C=O) groups is 1. The van der Waals surface area contributed by atoms with Gasteiger partial charge in [-0.2, -0.15) is 5.10 Å². The predicted octanol–water partition coefficient (Wildman–Crippen LogP) is 4.11. The van der Waals surface area contributed by atoms with Crippen LogP contribution in [0.15, 0.2) is 61.3 Å². The second-order valence-corrected chi connectivity index (χ2v) is 10.3. The van der Waals surface area contributed by atoms with Gasteiger partial charge in [0.05, 0.1) is 5.52 Å². The van der Waals surface area contributed by atoms with Crippen LogP contribution in [0.5, 0.6) is 11.5 Å². The van der Waals surface area contributed by atoms with E-state index in [1.165, 1.54) is 6.33 Å². The highest BCUT2D eigenvalue weighted by molar-refractivity contribution is 5.94. The first-order valence-electron chi connectivity index (χ1n) is 13.5. The molecule has 204 valence electrons. The smallest absolute Gasteiger partial charge is 0.298 e. The summed E-state index contributed by atoms with van der Waals surface area (Å²) in [7, 11) is 0. The Balaban J connectivity index is 1.13. The summed E-state index contributed by atoms with van der Waals surface area (Å²) >= 11 is 0. The normalized spacial score (nSPS) is 17.9. The average molecular weight is 546 g/mol. The number of benzene rings is 1. The molecule has 11 nitrogen and oxygen atoms in total. The Morgan fingerprint density at radius 2 is 1.88 bits per heavy atom. The van der Waals surface area contributed by atoms with E-state index in [2.05, 4.69) is 42.1 Å². The highest BCUT2D eigenvalue weighted by Gasteiger charge is 2.41. The van der Waals surface area contributed by atoms with Crippen LogP contribution in [0.4, 0.5) is 17.3 Å². The van der Waals surface area contributed by atoms with Crippen LogP contribution in [0.3, 0.4) is 0 Å². The van der Waals surface area contributed by atoms with Crippen LogP contribution in [0.25, 0.3) is 16.7 Å². The second kappa shape index (κ2) is 10.1. The minimum absolute atomic E-state index is 0.0986. The van der Waals surface area contributed by atoms with E-state index < -0.39 is 0 Å². The summed E-state index contributed by atoms with van der Waals surface area (Å²) in [5.41, 5.74) is 3.99. The molecule has 1 aromatic carbocycles. The van der Waals surface area contributed by atoms with Gasteiger partial charge in [0, 0.05) is 43.1 Å². The number of hydrogen-bond acceptors (Lipinski definition) is 9. The third kappa shape index (κ3) is 4.63. The molecule has 0 spiro atoms. The summed E-state index contributed by atoms with van der Waals surface area (Å²) < 4.78 is 7.81. The number of likely N-dealkylation sites (tertiary alicyclic amines) is 1. The summed E-state index contributed by atoms with van der Waals surface area (Å²) in [5.74, 6) is 8.24. The lowest BCUT2D eigenvalue weighted by atomic mass is 10.1. The fraction of sp³-hybridized carbons (Fsp3) is 0.267. The number of rotatable bonds is 5. The van der Waals surface area contributed by atoms with Gasteiger partial charge in [0.2, 0.25) is 0 Å². The van der Waals surface area contributed by atoms with E-state index in [-0.39, 0.29) is 18.0 Å². The van der Waals surface area contributed by atoms with Crippen molar-refractivity contribution in [3.63, 3.8) is 0 Å². The lowest BCUT2D eigenvalue weighted by molar-refractivity contribution is -0.126. The lowest BCUT2D eigenvalue weighted by Crippen LogP contribution is -2.55. The second-order valence-electron chi connectivity index (χ2n) is 10.3. The van der Waals surface area contributed by atoms with Gasteiger partial charge in [-0.25, -0.2) is 24.5 Å². The fourth-order valence-electron chi connectivity index (χ4n) is 5.76. The third-order valence-electron chi connectivity index (χ3n) is 7.65. The molecule has 0 aliphatic carbocycles. The molecule has 4 aromatic heterocycles. The van der Waals surface area contributed by atoms with Crippen LogP contribution in [-0.4, -0.2) is 65.5 Å². The van der Waals surface area contributed by atoms with Crippen molar-refractivity contribution in [2.24, 2.45) is 0 Å². The Morgan fingerprint density at radius 3 is 2.68 bits per heavy atom. The van der Waals surface area contributed by atoms with Crippen LogP contribution in [0.1, 0.15) is 25.3 Å². The minimum Gasteiger partial charge on any atom is -0.457 e. The zero-order valence-electron chi connectivity index (χ0n) is 22.7. The predicted molar refractivity (Wildman–Crippen MR) is 154 cm³/mol. The van der Waals surface area contributed by atoms with Gasteiger partial charge in [0.1, 0.15) is 35.5 Å². The number of aromatic nitrogens is 6. The Labute approximate surface area is 236 Å². The molecule has 0 radical (unpaired) electrons. The molecule has 2 bridgehead atoms. The first-order valence-corrected chi connectivity index (χ1v) is 13.5. The number of aryl methyl sites for hydroxylation is 1. The lowest BCUT2D eigenvalue weighted by Gasteiger charge is -2.41. The molecular formula is C30H27N9O2. The molecule has 41 heavy (non-hydrogen) atoms. The molecule has 2 unspecified atom stereocenters. The van der Waals surface area contributed by atoms with Crippen molar-refractivity contribution in [1.82, 2.24) is 34.4 Å². The number of hydrogen-bond donors (Lipinski definition) is 1. The summed E-state index contributed by atoms with van der Waals surface area (Å²) in [6.07, 6.45) is 6.90. The van der Waals surface area contributed by atoms with Crippen molar-refractivity contribution in [3.8, 4) is 23.3 Å². The van der Waals surface area contributed by atoms with Gasteiger partial charge in [-0.05, 0) is 74.6 Å². The molecule has 0 saturated carbocycles. The van der Waals surface area contributed by atoms with E-state index in [0.717, 1.165) is 46.8 Å². The van der Waals surface area contributed by atoms with Crippen LogP contribution < -0.4 is 15.0 Å². The molecular weight excluding hydrogens is 518 g/mol. The van der Waals surface area contributed by atoms with E-state index in [4.69, 9.17) is 9.72 Å². The maximum atomic E-state index is 12.4. The Hall–Kier alpha value is -5.24. The van der Waals surface area contributed by atoms with Crippen molar-refractivity contribution in [3.05, 3.63) is 66.9 Å². The zero-order valence-corrected chi connectivity index (χ0v) is 22.7. The SMILES string of the molecule is CC#CC(=O)N1CC2CCC(C1)N2c1ccc2ncnc(Nc3ccc(Oc4ccn5ncnc5c4)c(C)c3)c2n1. The number of fused-ring (bicyclic) bond motifs is 4. The molecule has 2 aliphatic heterocycles. The van der Waals surface area contributed by atoms with Crippen molar-refractivity contribution in [2.45, 2.75) is 38.8 Å². The number of nitrogens with zero attached hydrogens (tertiary/aromatic N) is 8. The summed E-state index contributed by atoms with van der Waals surface area (Å²) in [6, 6.07) is 14.0. The van der Waals surface area contributed by atoms with Gasteiger partial charge >= 0.3 is 0 Å². The van der Waals surface area contributed by atoms with Crippen molar-refractivity contribution < 1.29 is 9.53 Å². The van der Waals surface area contributed by atoms with E-state index in [0.29, 0.717) is 30.2 Å². The van der Waals surface area contributed by atoms with Gasteiger partial charge in [-0.3, -0.25) is 4.79 Å². The molecule has 11 heteroatoms. The van der Waals surface area contributed by atoms with Gasteiger partial charge in [0.25, 0.3) is 5.91 Å². The standard InChI is InChI=1S/C30H27N9O2/c1-3-4-28(40)37-15-21-6-7-22(16-37)39(21)26-10-8-24-29(36-26)30(33-17-31-24)35-20-5-9-25(19(2)13-20)41-23-11-12-38-27(14-23)32-18-34-38/h5,8-14,17-18,21-22H,6-7,15-16H2,1-2H3,(H,31,33,35). The highest BCUT2D eigenvalue weighted by Crippen LogP contribution is 2.36. The van der Waals surface area contributed by atoms with Crippen LogP contribution in [0, 0.1) is 18.8 Å². The minimum atomic E-state index is -0.0986. The number of pyridine rings is 2. The molecule has 1 N–H and O–H groups in total. The van der Waals surface area contributed by atoms with Gasteiger partial charge in [-0.15, -0.1) is 0 Å². The number of piperazine rings is 1. The van der Waals surface area contributed by atoms with Crippen LogP contribution in [0.2, 0.25) is 0 Å². The third-order valence-corrected chi connectivity index (χ3v) is 7.65. The molecule has 7 rings (SSSR count). The number of nitrogens with one attached hydrogen (secondary N) is 1. The summed E-state index contributed by atoms with van der Waals surface area (Å²) in [6.45, 7) is 5.00. The van der Waals surface area contributed by atoms with Gasteiger partial charge in [-0.1, -0.05) is 5.92 Å². The molecule has 1 amide bonds. The summed E-state index contributed by atoms with van der Waals surface area (Å²) in [4.78, 5) is 34.8. The molecule has 6 heterocycles. The average Bonchev–Trinajstić information content (AvgIpc) is 3.55. The van der Waals surface area contributed by atoms with Gasteiger partial charge < -0.3 is 19.9 Å². The zero-order chi connectivity index (χ0) is 27.9. The van der Waals surface area contributed by atoms with Crippen molar-refractivity contribution in [1.29, 1.82) is 0 Å². The molecule has 2 atom stereocenters. The van der Waals surface area contributed by atoms with Gasteiger partial charge in [0.15, 0.2) is 11.5 Å². The number of ether oxygens (including phenoxy) is 1. The number of carbonyl (C=O) groups excluding carboxylic acids is 1. The number of anilines is 3. The van der Waals surface area contributed by atoms with Crippen molar-refractivity contribution >= 4 is 39.9 Å². The first-order chi connectivity index (χ1) is 20.1. The van der Waals surface area contributed by atoms with Crippen molar-refractivity contribution in [2.75, 3.05) is 23.3 Å².